The van der Waals surface area contributed by atoms with E-state index in [1.807, 2.05) is 31.2 Å². The molecule has 138 valence electrons. The van der Waals surface area contributed by atoms with Gasteiger partial charge in [0.25, 0.3) is 0 Å². The van der Waals surface area contributed by atoms with Crippen molar-refractivity contribution in [1.29, 1.82) is 0 Å². The van der Waals surface area contributed by atoms with Gasteiger partial charge >= 0.3 is 5.97 Å². The van der Waals surface area contributed by atoms with Crippen molar-refractivity contribution in [2.75, 3.05) is 32.2 Å². The van der Waals surface area contributed by atoms with Crippen molar-refractivity contribution in [1.82, 2.24) is 20.2 Å². The number of anilines is 1. The lowest BCUT2D eigenvalue weighted by Crippen LogP contribution is -2.30. The van der Waals surface area contributed by atoms with Crippen molar-refractivity contribution in [3.8, 4) is 5.75 Å². The molecule has 0 fully saturated rings. The largest absolute Gasteiger partial charge is 0.494 e. The smallest absolute Gasteiger partial charge is 0.338 e. The van der Waals surface area contributed by atoms with Crippen LogP contribution in [0.4, 0.5) is 5.95 Å². The van der Waals surface area contributed by atoms with Gasteiger partial charge in [-0.15, -0.1) is 0 Å². The highest BCUT2D eigenvalue weighted by atomic mass is 16.6. The van der Waals surface area contributed by atoms with Crippen LogP contribution in [0.25, 0.3) is 0 Å². The molecule has 0 amide bonds. The molecule has 1 aromatic heterocycles. The molecular weight excluding hydrogens is 338 g/mol. The summed E-state index contributed by atoms with van der Waals surface area (Å²) >= 11 is 0. The van der Waals surface area contributed by atoms with Gasteiger partial charge in [-0.25, -0.2) is 4.79 Å². The molecule has 1 aliphatic rings. The molecule has 0 bridgehead atoms. The Labute approximate surface area is 150 Å². The molecule has 1 aliphatic heterocycles. The van der Waals surface area contributed by atoms with E-state index >= 15 is 0 Å². The predicted molar refractivity (Wildman–Crippen MR) is 92.7 cm³/mol. The monoisotopic (exact) mass is 359 g/mol. The molecule has 0 spiro atoms. The van der Waals surface area contributed by atoms with Crippen LogP contribution in [0.3, 0.4) is 0 Å². The van der Waals surface area contributed by atoms with E-state index in [4.69, 9.17) is 14.2 Å². The van der Waals surface area contributed by atoms with Crippen LogP contribution >= 0.6 is 0 Å². The van der Waals surface area contributed by atoms with Gasteiger partial charge in [0.05, 0.1) is 18.8 Å². The number of nitrogens with zero attached hydrogens (tertiary/aromatic N) is 4. The van der Waals surface area contributed by atoms with Crippen LogP contribution in [0.5, 0.6) is 5.75 Å². The van der Waals surface area contributed by atoms with Crippen LogP contribution in [-0.2, 0) is 14.3 Å². The number of benzene rings is 1. The highest BCUT2D eigenvalue weighted by Gasteiger charge is 2.34. The van der Waals surface area contributed by atoms with Gasteiger partial charge in [0.15, 0.2) is 0 Å². The Morgan fingerprint density at radius 3 is 2.73 bits per heavy atom. The van der Waals surface area contributed by atoms with Gasteiger partial charge in [-0.1, -0.05) is 17.2 Å². The highest BCUT2D eigenvalue weighted by Crippen LogP contribution is 2.35. The Morgan fingerprint density at radius 1 is 1.27 bits per heavy atom. The van der Waals surface area contributed by atoms with Crippen molar-refractivity contribution in [2.24, 2.45) is 0 Å². The Balaban J connectivity index is 1.96. The molecule has 0 unspecified atom stereocenters. The Kier molecular flexibility index (Phi) is 5.47. The molecule has 1 atom stereocenters. The topological polar surface area (TPSA) is 100 Å². The third kappa shape index (κ3) is 3.52. The van der Waals surface area contributed by atoms with Crippen LogP contribution in [0, 0.1) is 0 Å². The first-order chi connectivity index (χ1) is 12.7. The Hall–Kier alpha value is -2.94. The van der Waals surface area contributed by atoms with Crippen molar-refractivity contribution in [3.05, 3.63) is 41.1 Å². The van der Waals surface area contributed by atoms with Gasteiger partial charge in [0.1, 0.15) is 18.4 Å². The molecular formula is C17H21N5O4. The van der Waals surface area contributed by atoms with E-state index in [-0.39, 0.29) is 6.61 Å². The molecule has 0 saturated heterocycles. The molecule has 9 nitrogen and oxygen atoms in total. The normalized spacial score (nSPS) is 16.0. The fourth-order valence-electron chi connectivity index (χ4n) is 2.79. The zero-order chi connectivity index (χ0) is 18.5. The number of methoxy groups -OCH3 is 1. The number of hydrogen-bond acceptors (Lipinski definition) is 8. The lowest BCUT2D eigenvalue weighted by molar-refractivity contribution is -0.140. The first-order valence-electron chi connectivity index (χ1n) is 8.30. The number of carbonyl (C=O) groups is 1. The molecule has 2 heterocycles. The molecule has 0 radical (unpaired) electrons. The Bertz CT molecular complexity index is 800. The second-order valence-electron chi connectivity index (χ2n) is 5.64. The lowest BCUT2D eigenvalue weighted by atomic mass is 9.96. The summed E-state index contributed by atoms with van der Waals surface area (Å²) in [5, 5.41) is 14.7. The van der Waals surface area contributed by atoms with Gasteiger partial charge in [0.2, 0.25) is 5.95 Å². The minimum Gasteiger partial charge on any atom is -0.494 e. The number of hydrogen-bond donors (Lipinski definition) is 1. The molecule has 26 heavy (non-hydrogen) atoms. The maximum Gasteiger partial charge on any atom is 0.338 e. The predicted octanol–water partition coefficient (Wildman–Crippen LogP) is 1.55. The van der Waals surface area contributed by atoms with Crippen LogP contribution in [0.2, 0.25) is 0 Å². The molecule has 0 saturated carbocycles. The van der Waals surface area contributed by atoms with E-state index in [0.717, 1.165) is 11.3 Å². The SMILES string of the molecule is CCOc1ccc([C@H]2C(C(=O)OCCOC)=C(C)Nc3nnnn32)cc1. The third-order valence-electron chi connectivity index (χ3n) is 3.96. The number of esters is 1. The van der Waals surface area contributed by atoms with E-state index in [9.17, 15) is 4.79 Å². The van der Waals surface area contributed by atoms with Gasteiger partial charge in [-0.3, -0.25) is 0 Å². The third-order valence-corrected chi connectivity index (χ3v) is 3.96. The zero-order valence-electron chi connectivity index (χ0n) is 14.9. The van der Waals surface area contributed by atoms with Gasteiger partial charge in [0, 0.05) is 12.8 Å². The minimum absolute atomic E-state index is 0.171. The summed E-state index contributed by atoms with van der Waals surface area (Å²) in [6.45, 7) is 4.81. The number of fused-ring (bicyclic) bond motifs is 1. The van der Waals surface area contributed by atoms with E-state index in [1.54, 1.807) is 18.7 Å². The lowest BCUT2D eigenvalue weighted by Gasteiger charge is -2.27. The Morgan fingerprint density at radius 2 is 2.04 bits per heavy atom. The number of rotatable bonds is 7. The van der Waals surface area contributed by atoms with E-state index < -0.39 is 12.0 Å². The maximum atomic E-state index is 12.7. The van der Waals surface area contributed by atoms with E-state index in [2.05, 4.69) is 20.8 Å². The summed E-state index contributed by atoms with van der Waals surface area (Å²) in [5.74, 6) is 0.786. The van der Waals surface area contributed by atoms with Crippen molar-refractivity contribution in [3.63, 3.8) is 0 Å². The zero-order valence-corrected chi connectivity index (χ0v) is 14.9. The van der Waals surface area contributed by atoms with E-state index in [0.29, 0.717) is 30.4 Å². The summed E-state index contributed by atoms with van der Waals surface area (Å²) in [5.41, 5.74) is 1.94. The molecule has 1 aromatic carbocycles. The van der Waals surface area contributed by atoms with Crippen molar-refractivity contribution in [2.45, 2.75) is 19.9 Å². The number of allylic oxidation sites excluding steroid dienone is 1. The average Bonchev–Trinajstić information content (AvgIpc) is 3.09. The van der Waals surface area contributed by atoms with Crippen LogP contribution in [0.15, 0.2) is 35.5 Å². The standard InChI is InChI=1S/C17H21N5O4/c1-4-25-13-7-5-12(6-8-13)15-14(16(23)26-10-9-24-3)11(2)18-17-19-20-21-22(15)17/h5-8,15H,4,9-10H2,1-3H3,(H,18,19,21)/t15-/m0/s1. The summed E-state index contributed by atoms with van der Waals surface area (Å²) < 4.78 is 17.3. The fraction of sp³-hybridized carbons (Fsp3) is 0.412. The number of carbonyl (C=O) groups excluding carboxylic acids is 1. The van der Waals surface area contributed by atoms with Gasteiger partial charge < -0.3 is 19.5 Å². The van der Waals surface area contributed by atoms with Crippen molar-refractivity contribution < 1.29 is 19.0 Å². The number of tetrazole rings is 1. The molecule has 2 aromatic rings. The van der Waals surface area contributed by atoms with Crippen LogP contribution in [-0.4, -0.2) is 53.1 Å². The molecule has 0 aliphatic carbocycles. The first-order valence-corrected chi connectivity index (χ1v) is 8.30. The second kappa shape index (κ2) is 7.96. The number of aromatic nitrogens is 4. The average molecular weight is 359 g/mol. The van der Waals surface area contributed by atoms with Crippen LogP contribution < -0.4 is 10.1 Å². The fourth-order valence-corrected chi connectivity index (χ4v) is 2.79. The first kappa shape index (κ1) is 17.9. The molecule has 3 rings (SSSR count). The van der Waals surface area contributed by atoms with Crippen molar-refractivity contribution >= 4 is 11.9 Å². The van der Waals surface area contributed by atoms with Gasteiger partial charge in [-0.05, 0) is 42.0 Å². The molecule has 9 heteroatoms. The summed E-state index contributed by atoms with van der Waals surface area (Å²) in [4.78, 5) is 12.7. The van der Waals surface area contributed by atoms with Gasteiger partial charge in [-0.2, -0.15) is 4.68 Å². The number of nitrogens with one attached hydrogen (secondary N) is 1. The minimum atomic E-state index is -0.494. The summed E-state index contributed by atoms with van der Waals surface area (Å²) in [6.07, 6.45) is 0. The maximum absolute atomic E-state index is 12.7. The number of ether oxygens (including phenoxy) is 3. The second-order valence-corrected chi connectivity index (χ2v) is 5.64. The highest BCUT2D eigenvalue weighted by molar-refractivity contribution is 5.92. The van der Waals surface area contributed by atoms with E-state index in [1.165, 1.54) is 0 Å². The van der Waals surface area contributed by atoms with Crippen LogP contribution in [0.1, 0.15) is 25.5 Å². The summed E-state index contributed by atoms with van der Waals surface area (Å²) in [7, 11) is 1.55. The quantitative estimate of drug-likeness (QED) is 0.587. The summed E-state index contributed by atoms with van der Waals surface area (Å²) in [6, 6.07) is 7.00. The molecule has 1 N–H and O–H groups in total.